The second-order valence-electron chi connectivity index (χ2n) is 5.23. The average Bonchev–Trinajstić information content (AvgIpc) is 3.12. The smallest absolute Gasteiger partial charge is 0.338 e. The van der Waals surface area contributed by atoms with Crippen LogP contribution in [0.15, 0.2) is 57.4 Å². The Balaban J connectivity index is 1.70. The Morgan fingerprint density at radius 1 is 1.08 bits per heavy atom. The Morgan fingerprint density at radius 3 is 2.40 bits per heavy atom. The van der Waals surface area contributed by atoms with Crippen LogP contribution in [0.25, 0.3) is 11.5 Å². The van der Waals surface area contributed by atoms with Gasteiger partial charge in [0.15, 0.2) is 6.10 Å². The highest BCUT2D eigenvalue weighted by Gasteiger charge is 2.20. The first-order chi connectivity index (χ1) is 12.1. The average molecular weight is 403 g/mol. The van der Waals surface area contributed by atoms with Crippen LogP contribution in [-0.4, -0.2) is 23.3 Å². The Labute approximate surface area is 152 Å². The molecule has 1 aromatic heterocycles. The van der Waals surface area contributed by atoms with E-state index in [4.69, 9.17) is 13.9 Å². The van der Waals surface area contributed by atoms with Crippen molar-refractivity contribution in [3.63, 3.8) is 0 Å². The SMILES string of the molecule is COc1ccc(-c2nnc([C@H](C)OC(=O)c3ccc(Br)cc3)o2)cc1. The molecule has 1 atom stereocenters. The number of halogens is 1. The van der Waals surface area contributed by atoms with Crippen molar-refractivity contribution in [2.24, 2.45) is 0 Å². The van der Waals surface area contributed by atoms with Crippen molar-refractivity contribution in [2.45, 2.75) is 13.0 Å². The molecule has 7 heteroatoms. The molecule has 0 fully saturated rings. The van der Waals surface area contributed by atoms with E-state index in [0.717, 1.165) is 15.8 Å². The third kappa shape index (κ3) is 4.06. The van der Waals surface area contributed by atoms with Gasteiger partial charge in [-0.15, -0.1) is 10.2 Å². The van der Waals surface area contributed by atoms with Crippen molar-refractivity contribution in [2.75, 3.05) is 7.11 Å². The first-order valence-electron chi connectivity index (χ1n) is 7.51. The van der Waals surface area contributed by atoms with Gasteiger partial charge in [-0.25, -0.2) is 4.79 Å². The Kier molecular flexibility index (Phi) is 5.14. The largest absolute Gasteiger partial charge is 0.497 e. The molecule has 0 radical (unpaired) electrons. The molecule has 0 amide bonds. The maximum atomic E-state index is 12.1. The summed E-state index contributed by atoms with van der Waals surface area (Å²) in [7, 11) is 1.60. The van der Waals surface area contributed by atoms with E-state index in [1.54, 1.807) is 50.4 Å². The van der Waals surface area contributed by atoms with Crippen LogP contribution in [0.3, 0.4) is 0 Å². The standard InChI is InChI=1S/C18H15BrN2O4/c1-11(24-18(22)13-3-7-14(19)8-4-13)16-20-21-17(25-16)12-5-9-15(23-2)10-6-12/h3-11H,1-2H3/t11-/m0/s1. The molecule has 0 saturated heterocycles. The summed E-state index contributed by atoms with van der Waals surface area (Å²) in [5.74, 6) is 0.866. The quantitative estimate of drug-likeness (QED) is 0.587. The molecule has 0 bridgehead atoms. The number of hydrogen-bond donors (Lipinski definition) is 0. The zero-order valence-corrected chi connectivity index (χ0v) is 15.2. The summed E-state index contributed by atoms with van der Waals surface area (Å²) in [6, 6.07) is 14.1. The Morgan fingerprint density at radius 2 is 1.76 bits per heavy atom. The van der Waals surface area contributed by atoms with E-state index in [1.807, 2.05) is 12.1 Å². The van der Waals surface area contributed by atoms with Crippen molar-refractivity contribution in [1.82, 2.24) is 10.2 Å². The maximum Gasteiger partial charge on any atom is 0.338 e. The summed E-state index contributed by atoms with van der Waals surface area (Å²) < 4.78 is 17.0. The van der Waals surface area contributed by atoms with Gasteiger partial charge in [-0.1, -0.05) is 15.9 Å². The number of aromatic nitrogens is 2. The molecule has 128 valence electrons. The van der Waals surface area contributed by atoms with Gasteiger partial charge in [-0.3, -0.25) is 0 Å². The van der Waals surface area contributed by atoms with Gasteiger partial charge in [0.25, 0.3) is 5.89 Å². The van der Waals surface area contributed by atoms with Crippen LogP contribution in [0.2, 0.25) is 0 Å². The number of nitrogens with zero attached hydrogens (tertiary/aromatic N) is 2. The van der Waals surface area contributed by atoms with Crippen LogP contribution in [0.4, 0.5) is 0 Å². The van der Waals surface area contributed by atoms with Crippen molar-refractivity contribution >= 4 is 21.9 Å². The van der Waals surface area contributed by atoms with E-state index in [0.29, 0.717) is 11.5 Å². The molecule has 0 N–H and O–H groups in total. The number of esters is 1. The lowest BCUT2D eigenvalue weighted by Crippen LogP contribution is -2.09. The molecule has 0 aliphatic carbocycles. The van der Waals surface area contributed by atoms with Gasteiger partial charge in [0.2, 0.25) is 5.89 Å². The second kappa shape index (κ2) is 7.48. The third-order valence-electron chi connectivity index (χ3n) is 3.49. The fourth-order valence-electron chi connectivity index (χ4n) is 2.11. The van der Waals surface area contributed by atoms with Crippen molar-refractivity contribution in [3.8, 4) is 17.2 Å². The lowest BCUT2D eigenvalue weighted by Gasteiger charge is -2.09. The van der Waals surface area contributed by atoms with Crippen LogP contribution < -0.4 is 4.74 Å². The fourth-order valence-corrected chi connectivity index (χ4v) is 2.38. The van der Waals surface area contributed by atoms with Gasteiger partial charge >= 0.3 is 5.97 Å². The van der Waals surface area contributed by atoms with E-state index >= 15 is 0 Å². The maximum absolute atomic E-state index is 12.1. The fraction of sp³-hybridized carbons (Fsp3) is 0.167. The number of rotatable bonds is 5. The summed E-state index contributed by atoms with van der Waals surface area (Å²) in [4.78, 5) is 12.1. The van der Waals surface area contributed by atoms with Gasteiger partial charge in [0, 0.05) is 10.0 Å². The predicted octanol–water partition coefficient (Wildman–Crippen LogP) is 4.43. The monoisotopic (exact) mass is 402 g/mol. The van der Waals surface area contributed by atoms with Gasteiger partial charge < -0.3 is 13.9 Å². The van der Waals surface area contributed by atoms with Gasteiger partial charge in [0.05, 0.1) is 12.7 Å². The summed E-state index contributed by atoms with van der Waals surface area (Å²) in [5.41, 5.74) is 1.20. The minimum atomic E-state index is -0.657. The van der Waals surface area contributed by atoms with Crippen LogP contribution >= 0.6 is 15.9 Å². The van der Waals surface area contributed by atoms with E-state index in [1.165, 1.54) is 0 Å². The number of hydrogen-bond acceptors (Lipinski definition) is 6. The van der Waals surface area contributed by atoms with E-state index in [-0.39, 0.29) is 5.89 Å². The van der Waals surface area contributed by atoms with Crippen molar-refractivity contribution < 1.29 is 18.7 Å². The number of carbonyl (C=O) groups excluding carboxylic acids is 1. The lowest BCUT2D eigenvalue weighted by molar-refractivity contribution is 0.0280. The van der Waals surface area contributed by atoms with E-state index < -0.39 is 12.1 Å². The Hall–Kier alpha value is -2.67. The minimum absolute atomic E-state index is 0.233. The van der Waals surface area contributed by atoms with Crippen molar-refractivity contribution in [1.29, 1.82) is 0 Å². The molecule has 0 unspecified atom stereocenters. The molecular formula is C18H15BrN2O4. The second-order valence-corrected chi connectivity index (χ2v) is 6.14. The summed E-state index contributed by atoms with van der Waals surface area (Å²) in [5, 5.41) is 7.96. The summed E-state index contributed by atoms with van der Waals surface area (Å²) >= 11 is 3.32. The molecule has 0 aliphatic rings. The normalized spacial score (nSPS) is 11.8. The highest BCUT2D eigenvalue weighted by Crippen LogP contribution is 2.25. The topological polar surface area (TPSA) is 74.5 Å². The van der Waals surface area contributed by atoms with Gasteiger partial charge in [-0.05, 0) is 55.5 Å². The summed E-state index contributed by atoms with van der Waals surface area (Å²) in [6.45, 7) is 1.68. The molecule has 6 nitrogen and oxygen atoms in total. The zero-order valence-electron chi connectivity index (χ0n) is 13.6. The number of ether oxygens (including phenoxy) is 2. The number of methoxy groups -OCH3 is 1. The first kappa shape index (κ1) is 17.2. The predicted molar refractivity (Wildman–Crippen MR) is 94.3 cm³/mol. The van der Waals surface area contributed by atoms with Crippen LogP contribution in [0.1, 0.15) is 29.3 Å². The molecule has 0 spiro atoms. The molecule has 2 aromatic carbocycles. The number of benzene rings is 2. The minimum Gasteiger partial charge on any atom is -0.497 e. The summed E-state index contributed by atoms with van der Waals surface area (Å²) in [6.07, 6.45) is -0.657. The molecule has 0 aliphatic heterocycles. The molecule has 3 rings (SSSR count). The van der Waals surface area contributed by atoms with Crippen LogP contribution in [0.5, 0.6) is 5.75 Å². The van der Waals surface area contributed by atoms with Crippen LogP contribution in [0, 0.1) is 0 Å². The molecule has 25 heavy (non-hydrogen) atoms. The zero-order chi connectivity index (χ0) is 17.8. The van der Waals surface area contributed by atoms with Crippen LogP contribution in [-0.2, 0) is 4.74 Å². The highest BCUT2D eigenvalue weighted by molar-refractivity contribution is 9.10. The Bertz CT molecular complexity index is 860. The highest BCUT2D eigenvalue weighted by atomic mass is 79.9. The third-order valence-corrected chi connectivity index (χ3v) is 4.02. The van der Waals surface area contributed by atoms with Gasteiger partial charge in [0.1, 0.15) is 5.75 Å². The van der Waals surface area contributed by atoms with Gasteiger partial charge in [-0.2, -0.15) is 0 Å². The first-order valence-corrected chi connectivity index (χ1v) is 8.30. The van der Waals surface area contributed by atoms with E-state index in [9.17, 15) is 4.79 Å². The number of carbonyl (C=O) groups is 1. The molecule has 1 heterocycles. The molecule has 0 saturated carbocycles. The lowest BCUT2D eigenvalue weighted by atomic mass is 10.2. The van der Waals surface area contributed by atoms with Crippen molar-refractivity contribution in [3.05, 3.63) is 64.5 Å². The molecule has 3 aromatic rings. The van der Waals surface area contributed by atoms with E-state index in [2.05, 4.69) is 26.1 Å². The molecular weight excluding hydrogens is 388 g/mol.